The van der Waals surface area contributed by atoms with Crippen LogP contribution >= 0.6 is 0 Å². The molecule has 1 N–H and O–H groups in total. The monoisotopic (exact) mass is 273 g/mol. The lowest BCUT2D eigenvalue weighted by atomic mass is 10.0. The van der Waals surface area contributed by atoms with E-state index < -0.39 is 6.10 Å². The molecule has 4 heteroatoms. The first-order valence-electron chi connectivity index (χ1n) is 6.66. The Kier molecular flexibility index (Phi) is 4.96. The second-order valence-electron chi connectivity index (χ2n) is 4.42. The Bertz CT molecular complexity index is 540. The quantitative estimate of drug-likeness (QED) is 0.879. The number of rotatable bonds is 6. The van der Waals surface area contributed by atoms with Gasteiger partial charge in [0.25, 0.3) is 0 Å². The Morgan fingerprint density at radius 2 is 2.00 bits per heavy atom. The third kappa shape index (κ3) is 3.27. The molecule has 0 saturated carbocycles. The third-order valence-corrected chi connectivity index (χ3v) is 2.96. The molecule has 106 valence electrons. The highest BCUT2D eigenvalue weighted by Crippen LogP contribution is 2.30. The number of nitrogens with zero attached hydrogens (tertiary/aromatic N) is 1. The lowest BCUT2D eigenvalue weighted by Crippen LogP contribution is -2.05. The smallest absolute Gasteiger partial charge is 0.212 e. The number of hydrogen-bond donors (Lipinski definition) is 1. The van der Waals surface area contributed by atoms with Gasteiger partial charge in [-0.25, -0.2) is 4.98 Å². The third-order valence-electron chi connectivity index (χ3n) is 2.96. The van der Waals surface area contributed by atoms with Gasteiger partial charge in [0.1, 0.15) is 11.9 Å². The van der Waals surface area contributed by atoms with Crippen molar-refractivity contribution in [1.82, 2.24) is 4.98 Å². The summed E-state index contributed by atoms with van der Waals surface area (Å²) >= 11 is 0. The molecule has 1 aromatic carbocycles. The Labute approximate surface area is 119 Å². The van der Waals surface area contributed by atoms with Crippen molar-refractivity contribution in [1.29, 1.82) is 0 Å². The van der Waals surface area contributed by atoms with Crippen LogP contribution in [0.25, 0.3) is 0 Å². The van der Waals surface area contributed by atoms with Crippen LogP contribution in [0.15, 0.2) is 42.6 Å². The molecule has 20 heavy (non-hydrogen) atoms. The van der Waals surface area contributed by atoms with Gasteiger partial charge < -0.3 is 14.6 Å². The molecule has 4 nitrogen and oxygen atoms in total. The second kappa shape index (κ2) is 6.91. The highest BCUT2D eigenvalue weighted by molar-refractivity contribution is 5.40. The first-order valence-corrected chi connectivity index (χ1v) is 6.66. The van der Waals surface area contributed by atoms with Crippen LogP contribution in [-0.4, -0.2) is 23.8 Å². The zero-order valence-electron chi connectivity index (χ0n) is 11.7. The summed E-state index contributed by atoms with van der Waals surface area (Å²) in [6.45, 7) is 2.68. The summed E-state index contributed by atoms with van der Waals surface area (Å²) in [5.74, 6) is 1.23. The number of ether oxygens (including phenoxy) is 2. The van der Waals surface area contributed by atoms with Gasteiger partial charge in [-0.3, -0.25) is 0 Å². The lowest BCUT2D eigenvalue weighted by Gasteiger charge is -2.16. The lowest BCUT2D eigenvalue weighted by molar-refractivity contribution is 0.210. The van der Waals surface area contributed by atoms with Gasteiger partial charge in [-0.05, 0) is 18.6 Å². The van der Waals surface area contributed by atoms with Gasteiger partial charge in [0.15, 0.2) is 0 Å². The summed E-state index contributed by atoms with van der Waals surface area (Å²) in [5.41, 5.74) is 1.45. The van der Waals surface area contributed by atoms with E-state index in [1.807, 2.05) is 31.2 Å². The molecule has 0 saturated heterocycles. The van der Waals surface area contributed by atoms with E-state index in [2.05, 4.69) is 4.98 Å². The molecular weight excluding hydrogens is 254 g/mol. The summed E-state index contributed by atoms with van der Waals surface area (Å²) in [4.78, 5) is 4.11. The molecular formula is C16H19NO3. The molecule has 0 aliphatic heterocycles. The highest BCUT2D eigenvalue weighted by atomic mass is 16.5. The maximum atomic E-state index is 10.5. The van der Waals surface area contributed by atoms with Crippen LogP contribution in [0.1, 0.15) is 30.6 Å². The number of hydrogen-bond acceptors (Lipinski definition) is 4. The van der Waals surface area contributed by atoms with Crippen molar-refractivity contribution in [2.75, 3.05) is 13.7 Å². The SMILES string of the molecule is CCCOc1ccccc1C(O)c1ccc(OC)nc1. The number of pyridine rings is 1. The van der Waals surface area contributed by atoms with Crippen molar-refractivity contribution in [2.45, 2.75) is 19.4 Å². The average molecular weight is 273 g/mol. The number of methoxy groups -OCH3 is 1. The molecule has 1 aromatic heterocycles. The van der Waals surface area contributed by atoms with Crippen LogP contribution in [0.4, 0.5) is 0 Å². The van der Waals surface area contributed by atoms with Crippen molar-refractivity contribution in [2.24, 2.45) is 0 Å². The van der Waals surface area contributed by atoms with Gasteiger partial charge in [-0.2, -0.15) is 0 Å². The van der Waals surface area contributed by atoms with E-state index in [9.17, 15) is 5.11 Å². The van der Waals surface area contributed by atoms with E-state index in [1.165, 1.54) is 0 Å². The Morgan fingerprint density at radius 3 is 2.65 bits per heavy atom. The summed E-state index contributed by atoms with van der Waals surface area (Å²) < 4.78 is 10.7. The molecule has 1 atom stereocenters. The fourth-order valence-corrected chi connectivity index (χ4v) is 1.90. The Balaban J connectivity index is 2.24. The maximum absolute atomic E-state index is 10.5. The van der Waals surface area contributed by atoms with Gasteiger partial charge in [-0.15, -0.1) is 0 Å². The van der Waals surface area contributed by atoms with E-state index in [0.717, 1.165) is 12.0 Å². The minimum absolute atomic E-state index is 0.525. The van der Waals surface area contributed by atoms with Crippen molar-refractivity contribution in [3.8, 4) is 11.6 Å². The number of aliphatic hydroxyl groups excluding tert-OH is 1. The van der Waals surface area contributed by atoms with E-state index in [4.69, 9.17) is 9.47 Å². The molecule has 1 heterocycles. The standard InChI is InChI=1S/C16H19NO3/c1-3-10-20-14-7-5-4-6-13(14)16(18)12-8-9-15(19-2)17-11-12/h4-9,11,16,18H,3,10H2,1-2H3. The van der Waals surface area contributed by atoms with Crippen LogP contribution in [0, 0.1) is 0 Å². The maximum Gasteiger partial charge on any atom is 0.212 e. The fourth-order valence-electron chi connectivity index (χ4n) is 1.90. The second-order valence-corrected chi connectivity index (χ2v) is 4.42. The first-order chi connectivity index (χ1) is 9.76. The summed E-state index contributed by atoms with van der Waals surface area (Å²) in [6.07, 6.45) is 1.77. The van der Waals surface area contributed by atoms with Crippen LogP contribution in [-0.2, 0) is 0 Å². The van der Waals surface area contributed by atoms with Gasteiger partial charge in [0, 0.05) is 23.4 Å². The molecule has 0 bridgehead atoms. The molecule has 0 radical (unpaired) electrons. The predicted octanol–water partition coefficient (Wildman–Crippen LogP) is 2.96. The van der Waals surface area contributed by atoms with Crippen LogP contribution in [0.3, 0.4) is 0 Å². The van der Waals surface area contributed by atoms with E-state index in [0.29, 0.717) is 23.8 Å². The zero-order chi connectivity index (χ0) is 14.4. The number of aromatic nitrogens is 1. The molecule has 0 aliphatic carbocycles. The molecule has 0 aliphatic rings. The number of benzene rings is 1. The zero-order valence-corrected chi connectivity index (χ0v) is 11.7. The molecule has 1 unspecified atom stereocenters. The van der Waals surface area contributed by atoms with E-state index in [1.54, 1.807) is 25.4 Å². The minimum atomic E-state index is -0.763. The Hall–Kier alpha value is -2.07. The van der Waals surface area contributed by atoms with E-state index >= 15 is 0 Å². The van der Waals surface area contributed by atoms with Crippen molar-refractivity contribution in [3.63, 3.8) is 0 Å². The molecule has 0 fully saturated rings. The summed E-state index contributed by atoms with van der Waals surface area (Å²) in [6, 6.07) is 11.0. The van der Waals surface area contributed by atoms with Crippen LogP contribution in [0.5, 0.6) is 11.6 Å². The predicted molar refractivity (Wildman–Crippen MR) is 77.1 cm³/mol. The number of para-hydroxylation sites is 1. The average Bonchev–Trinajstić information content (AvgIpc) is 2.52. The van der Waals surface area contributed by atoms with Crippen molar-refractivity contribution >= 4 is 0 Å². The van der Waals surface area contributed by atoms with Crippen LogP contribution in [0.2, 0.25) is 0 Å². The normalized spacial score (nSPS) is 11.9. The number of aliphatic hydroxyl groups is 1. The topological polar surface area (TPSA) is 51.6 Å². The Morgan fingerprint density at radius 1 is 1.20 bits per heavy atom. The summed E-state index contributed by atoms with van der Waals surface area (Å²) in [7, 11) is 1.56. The largest absolute Gasteiger partial charge is 0.493 e. The highest BCUT2D eigenvalue weighted by Gasteiger charge is 2.15. The molecule has 0 spiro atoms. The van der Waals surface area contributed by atoms with Crippen LogP contribution < -0.4 is 9.47 Å². The molecule has 2 rings (SSSR count). The van der Waals surface area contributed by atoms with Crippen molar-refractivity contribution < 1.29 is 14.6 Å². The first kappa shape index (κ1) is 14.3. The van der Waals surface area contributed by atoms with E-state index in [-0.39, 0.29) is 0 Å². The molecule has 2 aromatic rings. The van der Waals surface area contributed by atoms with Gasteiger partial charge in [0.05, 0.1) is 13.7 Å². The van der Waals surface area contributed by atoms with Crippen molar-refractivity contribution in [3.05, 3.63) is 53.7 Å². The van der Waals surface area contributed by atoms with Gasteiger partial charge in [0.2, 0.25) is 5.88 Å². The fraction of sp³-hybridized carbons (Fsp3) is 0.312. The molecule has 0 amide bonds. The van der Waals surface area contributed by atoms with Gasteiger partial charge >= 0.3 is 0 Å². The summed E-state index contributed by atoms with van der Waals surface area (Å²) in [5, 5.41) is 10.5. The van der Waals surface area contributed by atoms with Gasteiger partial charge in [-0.1, -0.05) is 25.1 Å². The minimum Gasteiger partial charge on any atom is -0.493 e.